The van der Waals surface area contributed by atoms with Crippen molar-refractivity contribution >= 4 is 55.4 Å². The summed E-state index contributed by atoms with van der Waals surface area (Å²) < 4.78 is 1.75. The molecule has 0 N–H and O–H groups in total. The van der Waals surface area contributed by atoms with Gasteiger partial charge in [-0.05, 0) is 62.3 Å². The Morgan fingerprint density at radius 3 is 2.64 bits per heavy atom. The number of halogens is 3. The summed E-state index contributed by atoms with van der Waals surface area (Å²) in [6.45, 7) is 0. The number of hydrogen-bond acceptors (Lipinski definition) is 1. The van der Waals surface area contributed by atoms with Gasteiger partial charge in [-0.15, -0.1) is 0 Å². The van der Waals surface area contributed by atoms with Crippen LogP contribution in [0.15, 0.2) is 22.7 Å². The maximum absolute atomic E-state index is 10.8. The van der Waals surface area contributed by atoms with E-state index in [0.29, 0.717) is 5.56 Å². The molecule has 0 saturated heterocycles. The van der Waals surface area contributed by atoms with Crippen molar-refractivity contribution in [2.75, 3.05) is 0 Å². The molecule has 4 heteroatoms. The first-order valence-electron chi connectivity index (χ1n) is 2.77. The lowest BCUT2D eigenvalue weighted by Gasteiger charge is -1.99. The van der Waals surface area contributed by atoms with Crippen LogP contribution in [0.3, 0.4) is 0 Å². The van der Waals surface area contributed by atoms with Crippen molar-refractivity contribution in [1.82, 2.24) is 0 Å². The van der Waals surface area contributed by atoms with E-state index < -0.39 is 5.24 Å². The molecule has 1 rings (SSSR count). The first kappa shape index (κ1) is 9.48. The Labute approximate surface area is 91.4 Å². The standard InChI is InChI=1S/C7H3BrClIO/c8-5-3-1-2-4(6(5)10)7(9)11/h1-3H. The van der Waals surface area contributed by atoms with Crippen LogP contribution in [0.4, 0.5) is 0 Å². The third-order valence-corrected chi connectivity index (χ3v) is 3.93. The van der Waals surface area contributed by atoms with Gasteiger partial charge >= 0.3 is 0 Å². The minimum Gasteiger partial charge on any atom is -0.276 e. The van der Waals surface area contributed by atoms with Crippen molar-refractivity contribution in [2.24, 2.45) is 0 Å². The molecule has 58 valence electrons. The van der Waals surface area contributed by atoms with Crippen molar-refractivity contribution in [3.05, 3.63) is 31.8 Å². The molecule has 0 aromatic heterocycles. The molecule has 0 amide bonds. The number of rotatable bonds is 1. The number of benzene rings is 1. The van der Waals surface area contributed by atoms with Gasteiger partial charge in [-0.2, -0.15) is 0 Å². The minimum absolute atomic E-state index is 0.421. The average molecular weight is 345 g/mol. The molecule has 0 bridgehead atoms. The second kappa shape index (κ2) is 3.87. The van der Waals surface area contributed by atoms with E-state index in [1.807, 2.05) is 6.07 Å². The van der Waals surface area contributed by atoms with Crippen molar-refractivity contribution in [2.45, 2.75) is 0 Å². The SMILES string of the molecule is O=C(Cl)c1cccc(Br)c1I. The Bertz CT molecular complexity index is 300. The van der Waals surface area contributed by atoms with Crippen LogP contribution in [0, 0.1) is 3.57 Å². The summed E-state index contributed by atoms with van der Waals surface area (Å²) in [7, 11) is 0. The van der Waals surface area contributed by atoms with E-state index in [0.717, 1.165) is 8.04 Å². The summed E-state index contributed by atoms with van der Waals surface area (Å²) >= 11 is 10.7. The zero-order valence-corrected chi connectivity index (χ0v) is 9.77. The summed E-state index contributed by atoms with van der Waals surface area (Å²) in [6.07, 6.45) is 0. The fraction of sp³-hybridized carbons (Fsp3) is 0. The first-order valence-corrected chi connectivity index (χ1v) is 5.01. The highest BCUT2D eigenvalue weighted by molar-refractivity contribution is 14.1. The molecule has 0 unspecified atom stereocenters. The molecule has 0 aliphatic carbocycles. The molecule has 1 aromatic carbocycles. The van der Waals surface area contributed by atoms with Gasteiger partial charge in [0.2, 0.25) is 0 Å². The summed E-state index contributed by atoms with van der Waals surface area (Å²) in [5, 5.41) is -0.421. The maximum atomic E-state index is 10.8. The molecule has 0 atom stereocenters. The number of hydrogen-bond donors (Lipinski definition) is 0. The van der Waals surface area contributed by atoms with Gasteiger partial charge in [-0.1, -0.05) is 6.07 Å². The lowest BCUT2D eigenvalue weighted by molar-refractivity contribution is 0.108. The van der Waals surface area contributed by atoms with Crippen molar-refractivity contribution in [3.8, 4) is 0 Å². The number of carbonyl (C=O) groups is 1. The Morgan fingerprint density at radius 2 is 2.18 bits per heavy atom. The predicted molar refractivity (Wildman–Crippen MR) is 57.0 cm³/mol. The van der Waals surface area contributed by atoms with Crippen molar-refractivity contribution in [1.29, 1.82) is 0 Å². The summed E-state index contributed by atoms with van der Waals surface area (Å²) in [5.74, 6) is 0. The lowest BCUT2D eigenvalue weighted by Crippen LogP contribution is -1.92. The van der Waals surface area contributed by atoms with Crippen LogP contribution in [0.1, 0.15) is 10.4 Å². The van der Waals surface area contributed by atoms with Crippen molar-refractivity contribution in [3.63, 3.8) is 0 Å². The third kappa shape index (κ3) is 2.16. The molecule has 0 aliphatic rings. The largest absolute Gasteiger partial charge is 0.276 e. The second-order valence-corrected chi connectivity index (χ2v) is 4.15. The summed E-state index contributed by atoms with van der Waals surface area (Å²) in [4.78, 5) is 10.8. The van der Waals surface area contributed by atoms with Crippen molar-refractivity contribution < 1.29 is 4.79 Å². The van der Waals surface area contributed by atoms with E-state index in [1.165, 1.54) is 0 Å². The summed E-state index contributed by atoms with van der Waals surface area (Å²) in [5.41, 5.74) is 0.543. The van der Waals surface area contributed by atoms with Gasteiger partial charge in [0.15, 0.2) is 0 Å². The molecular weight excluding hydrogens is 342 g/mol. The highest BCUT2D eigenvalue weighted by Crippen LogP contribution is 2.23. The first-order chi connectivity index (χ1) is 5.13. The Hall–Kier alpha value is 0.390. The molecular formula is C7H3BrClIO. The van der Waals surface area contributed by atoms with Crippen LogP contribution in [0.2, 0.25) is 0 Å². The monoisotopic (exact) mass is 344 g/mol. The molecule has 1 nitrogen and oxygen atoms in total. The quantitative estimate of drug-likeness (QED) is 0.563. The van der Waals surface area contributed by atoms with Gasteiger partial charge < -0.3 is 0 Å². The molecule has 0 spiro atoms. The Morgan fingerprint density at radius 1 is 1.55 bits per heavy atom. The van der Waals surface area contributed by atoms with Gasteiger partial charge in [0, 0.05) is 13.6 Å². The molecule has 0 saturated carbocycles. The third-order valence-electron chi connectivity index (χ3n) is 1.16. The Balaban J connectivity index is 3.27. The van der Waals surface area contributed by atoms with Crippen LogP contribution < -0.4 is 0 Å². The van der Waals surface area contributed by atoms with E-state index >= 15 is 0 Å². The topological polar surface area (TPSA) is 17.1 Å². The van der Waals surface area contributed by atoms with E-state index in [2.05, 4.69) is 38.5 Å². The summed E-state index contributed by atoms with van der Waals surface area (Å²) in [6, 6.07) is 5.34. The van der Waals surface area contributed by atoms with E-state index in [1.54, 1.807) is 12.1 Å². The highest BCUT2D eigenvalue weighted by Gasteiger charge is 2.07. The molecule has 0 fully saturated rings. The van der Waals surface area contributed by atoms with Gasteiger partial charge in [-0.25, -0.2) is 0 Å². The van der Waals surface area contributed by atoms with Gasteiger partial charge in [0.05, 0.1) is 0 Å². The van der Waals surface area contributed by atoms with E-state index in [4.69, 9.17) is 11.6 Å². The molecule has 0 heterocycles. The second-order valence-electron chi connectivity index (χ2n) is 1.88. The minimum atomic E-state index is -0.421. The average Bonchev–Trinajstić information content (AvgIpc) is 1.94. The molecule has 11 heavy (non-hydrogen) atoms. The van der Waals surface area contributed by atoms with Gasteiger partial charge in [0.1, 0.15) is 0 Å². The predicted octanol–water partition coefficient (Wildman–Crippen LogP) is 3.43. The number of carbonyl (C=O) groups excluding carboxylic acids is 1. The van der Waals surface area contributed by atoms with E-state index in [9.17, 15) is 4.79 Å². The molecule has 1 aromatic rings. The molecule has 0 radical (unpaired) electrons. The fourth-order valence-corrected chi connectivity index (χ4v) is 1.94. The lowest BCUT2D eigenvalue weighted by atomic mass is 10.2. The van der Waals surface area contributed by atoms with Crippen LogP contribution in [-0.4, -0.2) is 5.24 Å². The van der Waals surface area contributed by atoms with Crippen LogP contribution in [0.25, 0.3) is 0 Å². The normalized spacial score (nSPS) is 9.73. The maximum Gasteiger partial charge on any atom is 0.253 e. The zero-order valence-electron chi connectivity index (χ0n) is 5.27. The highest BCUT2D eigenvalue weighted by atomic mass is 127. The van der Waals surface area contributed by atoms with Crippen LogP contribution in [-0.2, 0) is 0 Å². The van der Waals surface area contributed by atoms with Crippen LogP contribution >= 0.6 is 50.1 Å². The van der Waals surface area contributed by atoms with Gasteiger partial charge in [-0.3, -0.25) is 4.79 Å². The fourth-order valence-electron chi connectivity index (χ4n) is 0.656. The van der Waals surface area contributed by atoms with E-state index in [-0.39, 0.29) is 0 Å². The van der Waals surface area contributed by atoms with Gasteiger partial charge in [0.25, 0.3) is 5.24 Å². The molecule has 0 aliphatic heterocycles. The zero-order chi connectivity index (χ0) is 8.43. The smallest absolute Gasteiger partial charge is 0.253 e. The van der Waals surface area contributed by atoms with Crippen LogP contribution in [0.5, 0.6) is 0 Å². The Kier molecular flexibility index (Phi) is 3.33.